The summed E-state index contributed by atoms with van der Waals surface area (Å²) in [6, 6.07) is 7.11. The summed E-state index contributed by atoms with van der Waals surface area (Å²) in [7, 11) is 0. The highest BCUT2D eigenvalue weighted by Crippen LogP contribution is 2.66. The minimum Gasteiger partial charge on any atom is -0.355 e. The van der Waals surface area contributed by atoms with Gasteiger partial charge in [0.15, 0.2) is 0 Å². The molecule has 5 saturated carbocycles. The number of carbonyl (C=O) groups is 1. The zero-order valence-corrected chi connectivity index (χ0v) is 18.7. The number of hydrogen-bond donors (Lipinski definition) is 1. The lowest BCUT2D eigenvalue weighted by Crippen LogP contribution is -2.57. The van der Waals surface area contributed by atoms with E-state index < -0.39 is 9.75 Å². The van der Waals surface area contributed by atoms with E-state index in [0.717, 1.165) is 18.4 Å². The van der Waals surface area contributed by atoms with E-state index in [0.29, 0.717) is 11.8 Å². The number of carbonyl (C=O) groups excluding carboxylic acids is 1. The van der Waals surface area contributed by atoms with Crippen LogP contribution in [0, 0.1) is 36.5 Å². The summed E-state index contributed by atoms with van der Waals surface area (Å²) in [5.41, 5.74) is 4.24. The summed E-state index contributed by atoms with van der Waals surface area (Å²) in [6.45, 7) is 7.10. The molecular formula is C24H31Cl2NO. The number of alkyl halides is 2. The highest BCUT2D eigenvalue weighted by Gasteiger charge is 2.68. The summed E-state index contributed by atoms with van der Waals surface area (Å²) in [6.07, 6.45) is 8.32. The maximum absolute atomic E-state index is 12.8. The Kier molecular flexibility index (Phi) is 4.06. The predicted molar refractivity (Wildman–Crippen MR) is 115 cm³/mol. The Morgan fingerprint density at radius 1 is 1.07 bits per heavy atom. The standard InChI is InChI=1S/C24H31Cl2NO/c1-15-4-5-19(6-16(15)2)23-10-17-7-18(11-23)9-22(8-17,13-23)14-27-20(28)21(3)12-24(21,25)26/h4-6,17-18H,7-14H2,1-3H3,(H,27,28)/t17-,18-,21-,22?,23?/m1/s1. The molecule has 4 bridgehead atoms. The van der Waals surface area contributed by atoms with E-state index in [-0.39, 0.29) is 11.3 Å². The molecular weight excluding hydrogens is 389 g/mol. The third-order valence-electron chi connectivity index (χ3n) is 8.68. The zero-order chi connectivity index (χ0) is 19.9. The smallest absolute Gasteiger partial charge is 0.229 e. The van der Waals surface area contributed by atoms with Crippen LogP contribution in [0.3, 0.4) is 0 Å². The van der Waals surface area contributed by atoms with Gasteiger partial charge in [0, 0.05) is 6.54 Å². The fourth-order valence-corrected chi connectivity index (χ4v) is 7.88. The van der Waals surface area contributed by atoms with Crippen LogP contribution in [-0.2, 0) is 10.2 Å². The van der Waals surface area contributed by atoms with Gasteiger partial charge in [-0.15, -0.1) is 23.2 Å². The van der Waals surface area contributed by atoms with Gasteiger partial charge in [-0.05, 0) is 105 Å². The molecule has 0 aromatic heterocycles. The second kappa shape index (κ2) is 5.91. The molecule has 28 heavy (non-hydrogen) atoms. The Labute approximate surface area is 178 Å². The molecule has 0 radical (unpaired) electrons. The van der Waals surface area contributed by atoms with Crippen LogP contribution in [0.2, 0.25) is 0 Å². The van der Waals surface area contributed by atoms with Crippen molar-refractivity contribution in [2.45, 2.75) is 75.5 Å². The van der Waals surface area contributed by atoms with Gasteiger partial charge in [0.1, 0.15) is 4.33 Å². The molecule has 152 valence electrons. The van der Waals surface area contributed by atoms with Gasteiger partial charge in [-0.3, -0.25) is 4.79 Å². The minimum atomic E-state index is -0.890. The lowest BCUT2D eigenvalue weighted by molar-refractivity contribution is -0.128. The average Bonchev–Trinajstić information content (AvgIpc) is 3.13. The van der Waals surface area contributed by atoms with Gasteiger partial charge in [-0.1, -0.05) is 18.2 Å². The molecule has 0 heterocycles. The largest absolute Gasteiger partial charge is 0.355 e. The topological polar surface area (TPSA) is 29.1 Å². The van der Waals surface area contributed by atoms with Crippen molar-refractivity contribution in [3.63, 3.8) is 0 Å². The van der Waals surface area contributed by atoms with Gasteiger partial charge in [-0.2, -0.15) is 0 Å². The number of nitrogens with one attached hydrogen (secondary N) is 1. The van der Waals surface area contributed by atoms with Crippen LogP contribution < -0.4 is 5.32 Å². The van der Waals surface area contributed by atoms with Gasteiger partial charge < -0.3 is 5.32 Å². The highest BCUT2D eigenvalue weighted by molar-refractivity contribution is 6.53. The summed E-state index contributed by atoms with van der Waals surface area (Å²) < 4.78 is -0.890. The summed E-state index contributed by atoms with van der Waals surface area (Å²) in [5, 5.41) is 3.28. The van der Waals surface area contributed by atoms with Crippen molar-refractivity contribution in [1.29, 1.82) is 0 Å². The van der Waals surface area contributed by atoms with E-state index in [4.69, 9.17) is 23.2 Å². The van der Waals surface area contributed by atoms with Crippen LogP contribution in [-0.4, -0.2) is 16.8 Å². The SMILES string of the molecule is Cc1ccc(C23C[C@@H]4C[C@H](CC(CNC(=O)[C@@]5(C)CC5(Cl)Cl)(C4)C2)C3)cc1C. The second-order valence-electron chi connectivity index (χ2n) is 10.9. The minimum absolute atomic E-state index is 0.0356. The maximum atomic E-state index is 12.8. The van der Waals surface area contributed by atoms with Crippen molar-refractivity contribution in [1.82, 2.24) is 5.32 Å². The van der Waals surface area contributed by atoms with E-state index >= 15 is 0 Å². The van der Waals surface area contributed by atoms with Gasteiger partial charge in [0.05, 0.1) is 5.41 Å². The zero-order valence-electron chi connectivity index (χ0n) is 17.2. The van der Waals surface area contributed by atoms with Gasteiger partial charge in [0.25, 0.3) is 0 Å². The molecule has 6 rings (SSSR count). The number of aryl methyl sites for hydroxylation is 2. The first-order chi connectivity index (χ1) is 13.1. The molecule has 0 saturated heterocycles. The lowest BCUT2D eigenvalue weighted by Gasteiger charge is -2.62. The van der Waals surface area contributed by atoms with Crippen LogP contribution in [0.1, 0.15) is 68.6 Å². The third-order valence-corrected chi connectivity index (χ3v) is 9.79. The molecule has 0 aliphatic heterocycles. The molecule has 3 atom stereocenters. The molecule has 0 unspecified atom stereocenters. The summed E-state index contributed by atoms with van der Waals surface area (Å²) in [5.74, 6) is 1.64. The first kappa shape index (κ1) is 19.2. The number of amides is 1. The first-order valence-corrected chi connectivity index (χ1v) is 11.6. The molecule has 1 amide bonds. The van der Waals surface area contributed by atoms with Gasteiger partial charge in [-0.25, -0.2) is 0 Å². The number of halogens is 2. The Balaban J connectivity index is 1.39. The van der Waals surface area contributed by atoms with E-state index in [2.05, 4.69) is 37.4 Å². The fraction of sp³-hybridized carbons (Fsp3) is 0.708. The third kappa shape index (κ3) is 2.77. The second-order valence-corrected chi connectivity index (χ2v) is 12.4. The number of benzene rings is 1. The highest BCUT2D eigenvalue weighted by atomic mass is 35.5. The average molecular weight is 420 g/mol. The van der Waals surface area contributed by atoms with E-state index in [9.17, 15) is 4.79 Å². The Bertz CT molecular complexity index is 833. The van der Waals surface area contributed by atoms with Crippen LogP contribution >= 0.6 is 23.2 Å². The van der Waals surface area contributed by atoms with E-state index in [1.54, 1.807) is 0 Å². The van der Waals surface area contributed by atoms with Crippen molar-refractivity contribution in [3.8, 4) is 0 Å². The van der Waals surface area contributed by atoms with Gasteiger partial charge in [0.2, 0.25) is 5.91 Å². The fourth-order valence-electron chi connectivity index (χ4n) is 7.18. The summed E-state index contributed by atoms with van der Waals surface area (Å²) >= 11 is 12.5. The van der Waals surface area contributed by atoms with Crippen LogP contribution in [0.5, 0.6) is 0 Å². The van der Waals surface area contributed by atoms with Crippen LogP contribution in [0.4, 0.5) is 0 Å². The van der Waals surface area contributed by atoms with Crippen molar-refractivity contribution < 1.29 is 4.79 Å². The molecule has 1 aromatic rings. The van der Waals surface area contributed by atoms with Crippen molar-refractivity contribution >= 4 is 29.1 Å². The van der Waals surface area contributed by atoms with Crippen LogP contribution in [0.25, 0.3) is 0 Å². The molecule has 1 aromatic carbocycles. The Morgan fingerprint density at radius 3 is 2.29 bits per heavy atom. The van der Waals surface area contributed by atoms with Crippen molar-refractivity contribution in [2.75, 3.05) is 6.54 Å². The van der Waals surface area contributed by atoms with Gasteiger partial charge >= 0.3 is 0 Å². The predicted octanol–water partition coefficient (Wildman–Crippen LogP) is 5.84. The Hall–Kier alpha value is -0.730. The first-order valence-electron chi connectivity index (χ1n) is 10.8. The molecule has 5 aliphatic rings. The van der Waals surface area contributed by atoms with Crippen LogP contribution in [0.15, 0.2) is 18.2 Å². The van der Waals surface area contributed by atoms with E-state index in [1.165, 1.54) is 55.2 Å². The molecule has 5 fully saturated rings. The van der Waals surface area contributed by atoms with Crippen molar-refractivity contribution in [3.05, 3.63) is 34.9 Å². The lowest BCUT2D eigenvalue weighted by atomic mass is 9.43. The molecule has 1 N–H and O–H groups in total. The normalized spacial score (nSPS) is 42.5. The molecule has 4 heteroatoms. The number of hydrogen-bond acceptors (Lipinski definition) is 1. The molecule has 5 aliphatic carbocycles. The molecule has 2 nitrogen and oxygen atoms in total. The maximum Gasteiger partial charge on any atom is 0.229 e. The quantitative estimate of drug-likeness (QED) is 0.609. The molecule has 0 spiro atoms. The summed E-state index contributed by atoms with van der Waals surface area (Å²) in [4.78, 5) is 12.8. The van der Waals surface area contributed by atoms with Crippen molar-refractivity contribution in [2.24, 2.45) is 22.7 Å². The Morgan fingerprint density at radius 2 is 1.71 bits per heavy atom. The monoisotopic (exact) mass is 419 g/mol. The van der Waals surface area contributed by atoms with E-state index in [1.807, 2.05) is 6.92 Å². The number of rotatable bonds is 4.